The van der Waals surface area contributed by atoms with Gasteiger partial charge in [-0.2, -0.15) is 21.6 Å². The number of halogens is 3. The van der Waals surface area contributed by atoms with Crippen molar-refractivity contribution in [1.82, 2.24) is 4.90 Å². The molecule has 1 amide bonds. The number of amides is 1. The highest BCUT2D eigenvalue weighted by Gasteiger charge is 2.49. The van der Waals surface area contributed by atoms with Crippen LogP contribution in [0.5, 0.6) is 0 Å². The van der Waals surface area contributed by atoms with Crippen LogP contribution in [0.1, 0.15) is 5.56 Å². The lowest BCUT2D eigenvalue weighted by Gasteiger charge is -2.21. The average Bonchev–Trinajstić information content (AvgIpc) is 2.36. The van der Waals surface area contributed by atoms with Gasteiger partial charge in [0.05, 0.1) is 0 Å². The lowest BCUT2D eigenvalue weighted by atomic mass is 10.1. The van der Waals surface area contributed by atoms with Crippen LogP contribution < -0.4 is 0 Å². The van der Waals surface area contributed by atoms with Crippen LogP contribution in [-0.4, -0.2) is 44.9 Å². The van der Waals surface area contributed by atoms with Gasteiger partial charge < -0.3 is 4.90 Å². The molecule has 0 saturated carbocycles. The van der Waals surface area contributed by atoms with E-state index in [1.54, 1.807) is 30.3 Å². The molecule has 1 rings (SSSR count). The van der Waals surface area contributed by atoms with E-state index in [0.29, 0.717) is 5.56 Å². The Morgan fingerprint density at radius 2 is 1.76 bits per heavy atom. The number of hydrogen-bond donors (Lipinski definition) is 0. The topological polar surface area (TPSA) is 63.7 Å². The first-order chi connectivity index (χ1) is 9.54. The van der Waals surface area contributed by atoms with Crippen molar-refractivity contribution < 1.29 is 30.6 Å². The van der Waals surface area contributed by atoms with Crippen LogP contribution in [0.2, 0.25) is 0 Å². The molecule has 1 atom stereocenters. The molecular formula is C12H14F3NO4S. The van der Waals surface area contributed by atoms with Gasteiger partial charge in [-0.05, 0) is 5.56 Å². The van der Waals surface area contributed by atoms with Gasteiger partial charge in [0.15, 0.2) is 6.10 Å². The molecule has 0 heterocycles. The summed E-state index contributed by atoms with van der Waals surface area (Å²) in [4.78, 5) is 12.8. The Balaban J connectivity index is 3.02. The maximum absolute atomic E-state index is 12.4. The second-order valence-electron chi connectivity index (χ2n) is 4.41. The van der Waals surface area contributed by atoms with Gasteiger partial charge in [-0.1, -0.05) is 30.3 Å². The fraction of sp³-hybridized carbons (Fsp3) is 0.417. The van der Waals surface area contributed by atoms with Crippen molar-refractivity contribution >= 4 is 16.0 Å². The van der Waals surface area contributed by atoms with Gasteiger partial charge in [0.1, 0.15) is 0 Å². The number of alkyl halides is 3. The van der Waals surface area contributed by atoms with Crippen molar-refractivity contribution in [3.05, 3.63) is 35.9 Å². The number of rotatable bonds is 5. The Hall–Kier alpha value is -1.61. The molecule has 118 valence electrons. The molecule has 0 aliphatic carbocycles. The zero-order valence-corrected chi connectivity index (χ0v) is 12.1. The van der Waals surface area contributed by atoms with Crippen LogP contribution >= 0.6 is 0 Å². The number of nitrogens with zero attached hydrogens (tertiary/aromatic N) is 1. The number of hydrogen-bond acceptors (Lipinski definition) is 4. The van der Waals surface area contributed by atoms with Crippen LogP contribution in [0.25, 0.3) is 0 Å². The maximum Gasteiger partial charge on any atom is 0.523 e. The Bertz CT molecular complexity index is 584. The number of carbonyl (C=O) groups excluding carboxylic acids is 1. The lowest BCUT2D eigenvalue weighted by Crippen LogP contribution is -2.41. The van der Waals surface area contributed by atoms with Gasteiger partial charge >= 0.3 is 15.6 Å². The van der Waals surface area contributed by atoms with Gasteiger partial charge in [-0.3, -0.25) is 4.79 Å². The van der Waals surface area contributed by atoms with E-state index in [2.05, 4.69) is 4.18 Å². The highest BCUT2D eigenvalue weighted by Crippen LogP contribution is 2.26. The van der Waals surface area contributed by atoms with Gasteiger partial charge in [-0.15, -0.1) is 0 Å². The molecule has 0 spiro atoms. The summed E-state index contributed by atoms with van der Waals surface area (Å²) >= 11 is 0. The first-order valence-electron chi connectivity index (χ1n) is 5.79. The predicted octanol–water partition coefficient (Wildman–Crippen LogP) is 1.55. The van der Waals surface area contributed by atoms with E-state index >= 15 is 0 Å². The van der Waals surface area contributed by atoms with Crippen LogP contribution in [0, 0.1) is 0 Å². The monoisotopic (exact) mass is 325 g/mol. The lowest BCUT2D eigenvalue weighted by molar-refractivity contribution is -0.136. The highest BCUT2D eigenvalue weighted by molar-refractivity contribution is 7.87. The van der Waals surface area contributed by atoms with Crippen LogP contribution in [-0.2, 0) is 25.5 Å². The van der Waals surface area contributed by atoms with Crippen LogP contribution in [0.15, 0.2) is 30.3 Å². The third-order valence-corrected chi connectivity index (χ3v) is 3.56. The van der Waals surface area contributed by atoms with Crippen LogP contribution in [0.4, 0.5) is 13.2 Å². The van der Waals surface area contributed by atoms with Gasteiger partial charge in [0.25, 0.3) is 5.91 Å². The molecule has 0 bridgehead atoms. The molecule has 1 aromatic rings. The summed E-state index contributed by atoms with van der Waals surface area (Å²) in [5.74, 6) is -0.869. The van der Waals surface area contributed by atoms with Crippen molar-refractivity contribution in [1.29, 1.82) is 0 Å². The second kappa shape index (κ2) is 6.44. The van der Waals surface area contributed by atoms with Crippen molar-refractivity contribution in [3.8, 4) is 0 Å². The Kier molecular flexibility index (Phi) is 5.35. The smallest absolute Gasteiger partial charge is 0.347 e. The molecule has 5 nitrogen and oxygen atoms in total. The standard InChI is InChI=1S/C12H14F3NO4S/c1-16(2)11(17)10(8-9-6-4-3-5-7-9)20-21(18,19)12(13,14)15/h3-7,10H,8H2,1-2H3. The molecular weight excluding hydrogens is 311 g/mol. The molecule has 1 aromatic carbocycles. The van der Waals surface area contributed by atoms with E-state index in [-0.39, 0.29) is 6.42 Å². The van der Waals surface area contributed by atoms with Crippen molar-refractivity contribution in [3.63, 3.8) is 0 Å². The SMILES string of the molecule is CN(C)C(=O)C(Cc1ccccc1)OS(=O)(=O)C(F)(F)F. The Labute approximate surface area is 120 Å². The predicted molar refractivity (Wildman–Crippen MR) is 68.7 cm³/mol. The summed E-state index contributed by atoms with van der Waals surface area (Å²) in [5, 5.41) is 0. The molecule has 0 saturated heterocycles. The quantitative estimate of drug-likeness (QED) is 0.609. The Morgan fingerprint density at radius 3 is 2.19 bits per heavy atom. The van der Waals surface area contributed by atoms with Crippen molar-refractivity contribution in [2.75, 3.05) is 14.1 Å². The summed E-state index contributed by atoms with van der Waals surface area (Å²) in [7, 11) is -3.25. The Morgan fingerprint density at radius 1 is 1.24 bits per heavy atom. The zero-order valence-electron chi connectivity index (χ0n) is 11.3. The van der Waals surface area contributed by atoms with E-state index in [1.807, 2.05) is 0 Å². The molecule has 1 unspecified atom stereocenters. The van der Waals surface area contributed by atoms with E-state index in [0.717, 1.165) is 4.90 Å². The number of benzene rings is 1. The summed E-state index contributed by atoms with van der Waals surface area (Å²) in [5.41, 5.74) is -5.09. The fourth-order valence-corrected chi connectivity index (χ4v) is 2.05. The molecule has 0 fully saturated rings. The van der Waals surface area contributed by atoms with Gasteiger partial charge in [-0.25, -0.2) is 4.18 Å². The molecule has 0 aliphatic heterocycles. The minimum absolute atomic E-state index is 0.285. The number of carbonyl (C=O) groups is 1. The molecule has 0 N–H and O–H groups in total. The summed E-state index contributed by atoms with van der Waals surface area (Å²) in [6.07, 6.45) is -2.05. The largest absolute Gasteiger partial charge is 0.523 e. The minimum atomic E-state index is -5.84. The zero-order chi connectivity index (χ0) is 16.3. The highest BCUT2D eigenvalue weighted by atomic mass is 32.2. The second-order valence-corrected chi connectivity index (χ2v) is 5.97. The third kappa shape index (κ3) is 4.71. The first-order valence-corrected chi connectivity index (χ1v) is 7.20. The summed E-state index contributed by atoms with van der Waals surface area (Å²) in [6.45, 7) is 0. The maximum atomic E-state index is 12.4. The van der Waals surface area contributed by atoms with E-state index < -0.39 is 27.6 Å². The van der Waals surface area contributed by atoms with Crippen molar-refractivity contribution in [2.24, 2.45) is 0 Å². The third-order valence-electron chi connectivity index (χ3n) is 2.51. The first kappa shape index (κ1) is 17.4. The molecule has 0 aliphatic rings. The fourth-order valence-electron chi connectivity index (χ4n) is 1.49. The minimum Gasteiger partial charge on any atom is -0.347 e. The molecule has 9 heteroatoms. The van der Waals surface area contributed by atoms with Crippen molar-refractivity contribution in [2.45, 2.75) is 18.0 Å². The van der Waals surface area contributed by atoms with E-state index in [1.165, 1.54) is 14.1 Å². The van der Waals surface area contributed by atoms with E-state index in [9.17, 15) is 26.4 Å². The summed E-state index contributed by atoms with van der Waals surface area (Å²) in [6, 6.07) is 8.02. The number of likely N-dealkylation sites (N-methyl/N-ethyl adjacent to an activating group) is 1. The van der Waals surface area contributed by atoms with Gasteiger partial charge in [0, 0.05) is 20.5 Å². The summed E-state index contributed by atoms with van der Waals surface area (Å²) < 4.78 is 63.3. The normalized spacial score (nSPS) is 13.8. The van der Waals surface area contributed by atoms with Gasteiger partial charge in [0.2, 0.25) is 0 Å². The molecule has 0 radical (unpaired) electrons. The van der Waals surface area contributed by atoms with Crippen LogP contribution in [0.3, 0.4) is 0 Å². The average molecular weight is 325 g/mol. The van der Waals surface area contributed by atoms with E-state index in [4.69, 9.17) is 0 Å². The molecule has 0 aromatic heterocycles. The molecule has 21 heavy (non-hydrogen) atoms.